The topological polar surface area (TPSA) is 67.2 Å². The van der Waals surface area contributed by atoms with Crippen LogP contribution in [0.3, 0.4) is 0 Å². The molecule has 22 heavy (non-hydrogen) atoms. The average molecular weight is 320 g/mol. The van der Waals surface area contributed by atoms with E-state index in [1.807, 2.05) is 0 Å². The van der Waals surface area contributed by atoms with Crippen molar-refractivity contribution in [1.82, 2.24) is 0 Å². The molecule has 0 aliphatic carbocycles. The molecule has 0 radical (unpaired) electrons. The highest BCUT2D eigenvalue weighted by Gasteiger charge is 2.26. The lowest BCUT2D eigenvalue weighted by Crippen LogP contribution is -2.32. The molecule has 0 saturated heterocycles. The predicted molar refractivity (Wildman–Crippen MR) is 80.8 cm³/mol. The minimum absolute atomic E-state index is 0.106. The van der Waals surface area contributed by atoms with Gasteiger partial charge < -0.3 is 9.47 Å². The summed E-state index contributed by atoms with van der Waals surface area (Å²) in [5.74, 6) is 0.255. The molecular weight excluding hydrogens is 309 g/mol. The van der Waals surface area contributed by atoms with E-state index >= 15 is 0 Å². The second-order valence-electron chi connectivity index (χ2n) is 4.69. The van der Waals surface area contributed by atoms with Crippen LogP contribution in [-0.4, -0.2) is 19.3 Å². The first-order chi connectivity index (χ1) is 10.7. The third-order valence-corrected chi connectivity index (χ3v) is 3.60. The van der Waals surface area contributed by atoms with Crippen molar-refractivity contribution in [3.63, 3.8) is 0 Å². The number of nitrogens with zero attached hydrogens (tertiary/aromatic N) is 3. The van der Waals surface area contributed by atoms with Crippen molar-refractivity contribution in [2.75, 3.05) is 13.2 Å². The summed E-state index contributed by atoms with van der Waals surface area (Å²) in [6.07, 6.45) is -0.466. The number of fused-ring (bicyclic) bond motifs is 1. The Morgan fingerprint density at radius 2 is 2.14 bits per heavy atom. The molecule has 5 nitrogen and oxygen atoms in total. The van der Waals surface area contributed by atoms with Gasteiger partial charge in [-0.25, -0.2) is 4.39 Å². The number of halogens is 2. The largest absolute Gasteiger partial charge is 0.486 e. The van der Waals surface area contributed by atoms with Crippen molar-refractivity contribution in [2.24, 2.45) is 5.11 Å². The maximum absolute atomic E-state index is 14.3. The van der Waals surface area contributed by atoms with Gasteiger partial charge in [-0.3, -0.25) is 0 Å². The van der Waals surface area contributed by atoms with E-state index in [-0.39, 0.29) is 24.5 Å². The van der Waals surface area contributed by atoms with Crippen molar-refractivity contribution in [1.29, 1.82) is 0 Å². The molecule has 1 aliphatic heterocycles. The van der Waals surface area contributed by atoms with Crippen LogP contribution in [0.4, 0.5) is 4.39 Å². The highest BCUT2D eigenvalue weighted by Crippen LogP contribution is 2.44. The van der Waals surface area contributed by atoms with Crippen molar-refractivity contribution < 1.29 is 13.9 Å². The maximum Gasteiger partial charge on any atom is 0.172 e. The fraction of sp³-hybridized carbons (Fsp3) is 0.200. The number of rotatable bonds is 3. The van der Waals surface area contributed by atoms with Gasteiger partial charge in [-0.2, -0.15) is 0 Å². The molecule has 0 bridgehead atoms. The Kier molecular flexibility index (Phi) is 4.04. The molecule has 0 amide bonds. The lowest BCUT2D eigenvalue weighted by atomic mass is 10.0. The summed E-state index contributed by atoms with van der Waals surface area (Å²) in [5, 5.41) is 3.88. The van der Waals surface area contributed by atoms with Crippen molar-refractivity contribution in [3.05, 3.63) is 57.7 Å². The predicted octanol–water partition coefficient (Wildman–Crippen LogP) is 4.60. The normalized spacial score (nSPS) is 16.0. The zero-order valence-electron chi connectivity index (χ0n) is 11.4. The van der Waals surface area contributed by atoms with Gasteiger partial charge in [0.2, 0.25) is 0 Å². The molecule has 1 atom stereocenters. The molecule has 0 saturated carbocycles. The second-order valence-corrected chi connectivity index (χ2v) is 5.10. The summed E-state index contributed by atoms with van der Waals surface area (Å²) >= 11 is 6.16. The highest BCUT2D eigenvalue weighted by atomic mass is 35.5. The SMILES string of the molecule is [N-]=[N+]=NC[C@H]1COc2ccc(F)c(-c3ccccc3Cl)c2O1. The van der Waals surface area contributed by atoms with Crippen LogP contribution in [0.25, 0.3) is 21.6 Å². The average Bonchev–Trinajstić information content (AvgIpc) is 2.54. The molecule has 7 heteroatoms. The van der Waals surface area contributed by atoms with E-state index in [4.69, 9.17) is 26.6 Å². The highest BCUT2D eigenvalue weighted by molar-refractivity contribution is 6.33. The van der Waals surface area contributed by atoms with Crippen LogP contribution in [0, 0.1) is 5.82 Å². The Balaban J connectivity index is 2.08. The van der Waals surface area contributed by atoms with Crippen LogP contribution in [0.2, 0.25) is 5.02 Å². The minimum atomic E-state index is -0.466. The molecule has 112 valence electrons. The molecule has 3 rings (SSSR count). The van der Waals surface area contributed by atoms with Gasteiger partial charge in [0, 0.05) is 15.5 Å². The van der Waals surface area contributed by atoms with Gasteiger partial charge in [0.1, 0.15) is 18.5 Å². The summed E-state index contributed by atoms with van der Waals surface area (Å²) in [6, 6.07) is 9.74. The molecule has 0 unspecified atom stereocenters. The van der Waals surface area contributed by atoms with E-state index in [2.05, 4.69) is 10.0 Å². The molecule has 0 spiro atoms. The fourth-order valence-corrected chi connectivity index (χ4v) is 2.52. The first-order valence-corrected chi connectivity index (χ1v) is 6.96. The van der Waals surface area contributed by atoms with E-state index < -0.39 is 11.9 Å². The first kappa shape index (κ1) is 14.5. The number of hydrogen-bond acceptors (Lipinski definition) is 3. The third kappa shape index (κ3) is 2.66. The monoisotopic (exact) mass is 319 g/mol. The van der Waals surface area contributed by atoms with E-state index in [1.54, 1.807) is 24.3 Å². The quantitative estimate of drug-likeness (QED) is 0.471. The van der Waals surface area contributed by atoms with Gasteiger partial charge >= 0.3 is 0 Å². The van der Waals surface area contributed by atoms with E-state index in [9.17, 15) is 4.39 Å². The van der Waals surface area contributed by atoms with Crippen molar-refractivity contribution >= 4 is 11.6 Å². The van der Waals surface area contributed by atoms with Gasteiger partial charge in [0.05, 0.1) is 12.1 Å². The van der Waals surface area contributed by atoms with Crippen LogP contribution < -0.4 is 9.47 Å². The molecule has 1 heterocycles. The molecule has 2 aromatic carbocycles. The lowest BCUT2D eigenvalue weighted by Gasteiger charge is -2.27. The summed E-state index contributed by atoms with van der Waals surface area (Å²) in [4.78, 5) is 2.69. The van der Waals surface area contributed by atoms with E-state index in [0.29, 0.717) is 16.3 Å². The number of benzene rings is 2. The van der Waals surface area contributed by atoms with Gasteiger partial charge in [-0.05, 0) is 23.7 Å². The van der Waals surface area contributed by atoms with Gasteiger partial charge in [-0.1, -0.05) is 34.9 Å². The fourth-order valence-electron chi connectivity index (χ4n) is 2.29. The van der Waals surface area contributed by atoms with Crippen LogP contribution in [0.15, 0.2) is 41.5 Å². The van der Waals surface area contributed by atoms with Crippen molar-refractivity contribution in [3.8, 4) is 22.6 Å². The second kappa shape index (κ2) is 6.13. The maximum atomic E-state index is 14.3. The van der Waals surface area contributed by atoms with Crippen LogP contribution in [0.5, 0.6) is 11.5 Å². The van der Waals surface area contributed by atoms with E-state index in [1.165, 1.54) is 12.1 Å². The van der Waals surface area contributed by atoms with Crippen molar-refractivity contribution in [2.45, 2.75) is 6.10 Å². The Bertz CT molecular complexity index is 762. The lowest BCUT2D eigenvalue weighted by molar-refractivity contribution is 0.0972. The molecule has 2 aromatic rings. The minimum Gasteiger partial charge on any atom is -0.486 e. The number of ether oxygens (including phenoxy) is 2. The van der Waals surface area contributed by atoms with Gasteiger partial charge in [0.25, 0.3) is 0 Å². The number of hydrogen-bond donors (Lipinski definition) is 0. The Hall–Kier alpha value is -2.43. The first-order valence-electron chi connectivity index (χ1n) is 6.58. The summed E-state index contributed by atoms with van der Waals surface area (Å²) in [5.41, 5.74) is 9.15. The number of azide groups is 1. The molecular formula is C15H11ClFN3O2. The van der Waals surface area contributed by atoms with Gasteiger partial charge in [-0.15, -0.1) is 0 Å². The Labute approximate surface area is 130 Å². The van der Waals surface area contributed by atoms with Gasteiger partial charge in [0.15, 0.2) is 11.5 Å². The summed E-state index contributed by atoms with van der Waals surface area (Å²) in [6.45, 7) is 0.341. The molecule has 0 aromatic heterocycles. The summed E-state index contributed by atoms with van der Waals surface area (Å²) < 4.78 is 25.7. The Morgan fingerprint density at radius 1 is 1.32 bits per heavy atom. The Morgan fingerprint density at radius 3 is 2.91 bits per heavy atom. The summed E-state index contributed by atoms with van der Waals surface area (Å²) in [7, 11) is 0. The smallest absolute Gasteiger partial charge is 0.172 e. The molecule has 0 fully saturated rings. The van der Waals surface area contributed by atoms with E-state index in [0.717, 1.165) is 0 Å². The third-order valence-electron chi connectivity index (χ3n) is 3.27. The standard InChI is InChI=1S/C15H11ClFN3O2/c16-11-4-2-1-3-10(11)14-12(17)5-6-13-15(14)22-9(8-21-13)7-19-20-18/h1-6,9H,7-8H2/t9-/m0/s1. The zero-order valence-corrected chi connectivity index (χ0v) is 12.1. The van der Waals surface area contributed by atoms with Crippen LogP contribution in [0.1, 0.15) is 0 Å². The molecule has 1 aliphatic rings. The molecule has 0 N–H and O–H groups in total. The zero-order chi connectivity index (χ0) is 15.5. The van der Waals surface area contributed by atoms with Crippen LogP contribution in [-0.2, 0) is 0 Å². The van der Waals surface area contributed by atoms with Crippen LogP contribution >= 0.6 is 11.6 Å².